The number of thiocarbonyl (C=S) groups is 1. The fourth-order valence-corrected chi connectivity index (χ4v) is 1.45. The fourth-order valence-electron chi connectivity index (χ4n) is 1.12. The van der Waals surface area contributed by atoms with Crippen molar-refractivity contribution < 1.29 is 9.53 Å². The molecule has 0 spiro atoms. The van der Waals surface area contributed by atoms with Crippen LogP contribution in [0.2, 0.25) is 5.02 Å². The number of primary amides is 1. The first-order valence-electron chi connectivity index (χ1n) is 4.93. The number of hydrogen-bond donors (Lipinski definition) is 2. The van der Waals surface area contributed by atoms with Crippen LogP contribution < -0.4 is 16.2 Å². The summed E-state index contributed by atoms with van der Waals surface area (Å²) in [5.74, 6) is -0.366. The molecule has 0 heterocycles. The third kappa shape index (κ3) is 3.87. The van der Waals surface area contributed by atoms with E-state index < -0.39 is 11.8 Å². The molecule has 1 rings (SSSR count). The molecule has 0 aliphatic carbocycles. The van der Waals surface area contributed by atoms with Crippen LogP contribution in [0.4, 0.5) is 0 Å². The summed E-state index contributed by atoms with van der Waals surface area (Å²) >= 11 is 10.7. The minimum Gasteiger partial charge on any atom is -0.492 e. The molecular formula is C11H13ClN2O2S. The van der Waals surface area contributed by atoms with Crippen molar-refractivity contribution in [1.29, 1.82) is 0 Å². The lowest BCUT2D eigenvalue weighted by atomic mass is 10.2. The van der Waals surface area contributed by atoms with Crippen molar-refractivity contribution in [3.8, 4) is 5.75 Å². The molecule has 4 N–H and O–H groups in total. The van der Waals surface area contributed by atoms with Gasteiger partial charge in [0.05, 0.1) is 18.1 Å². The lowest BCUT2D eigenvalue weighted by Crippen LogP contribution is -2.26. The largest absolute Gasteiger partial charge is 0.492 e. The molecule has 1 unspecified atom stereocenters. The highest BCUT2D eigenvalue weighted by Gasteiger charge is 2.12. The Hall–Kier alpha value is -1.33. The van der Waals surface area contributed by atoms with Crippen molar-refractivity contribution in [3.63, 3.8) is 0 Å². The molecular weight excluding hydrogens is 260 g/mol. The fraction of sp³-hybridized carbons (Fsp3) is 0.273. The van der Waals surface area contributed by atoms with E-state index in [1.165, 1.54) is 0 Å². The van der Waals surface area contributed by atoms with E-state index in [-0.39, 0.29) is 11.6 Å². The summed E-state index contributed by atoms with van der Waals surface area (Å²) in [5.41, 5.74) is 11.3. The van der Waals surface area contributed by atoms with Gasteiger partial charge in [0, 0.05) is 5.02 Å². The summed E-state index contributed by atoms with van der Waals surface area (Å²) in [6.07, 6.45) is 0. The number of carbonyl (C=O) groups excluding carboxylic acids is 1. The SMILES string of the molecule is CC(COc1cc(Cl)ccc1C(N)=S)C(N)=O. The van der Waals surface area contributed by atoms with Gasteiger partial charge in [-0.3, -0.25) is 4.79 Å². The summed E-state index contributed by atoms with van der Waals surface area (Å²) in [5, 5.41) is 0.506. The van der Waals surface area contributed by atoms with Gasteiger partial charge in [-0.1, -0.05) is 30.7 Å². The Balaban J connectivity index is 2.85. The van der Waals surface area contributed by atoms with E-state index >= 15 is 0 Å². The summed E-state index contributed by atoms with van der Waals surface area (Å²) in [4.78, 5) is 11.1. The van der Waals surface area contributed by atoms with Crippen molar-refractivity contribution in [2.75, 3.05) is 6.61 Å². The molecule has 0 aromatic heterocycles. The van der Waals surface area contributed by atoms with Crippen LogP contribution in [0.1, 0.15) is 12.5 Å². The van der Waals surface area contributed by atoms with E-state index in [1.54, 1.807) is 25.1 Å². The average molecular weight is 273 g/mol. The molecule has 1 aromatic carbocycles. The number of benzene rings is 1. The maximum Gasteiger partial charge on any atom is 0.223 e. The Morgan fingerprint density at radius 2 is 2.18 bits per heavy atom. The molecule has 0 saturated carbocycles. The van der Waals surface area contributed by atoms with Crippen LogP contribution in [0.5, 0.6) is 5.75 Å². The van der Waals surface area contributed by atoms with Crippen molar-refractivity contribution in [1.82, 2.24) is 0 Å². The van der Waals surface area contributed by atoms with Crippen molar-refractivity contribution in [2.24, 2.45) is 17.4 Å². The van der Waals surface area contributed by atoms with Gasteiger partial charge in [-0.15, -0.1) is 0 Å². The number of rotatable bonds is 5. The Bertz CT molecular complexity index is 451. The number of hydrogen-bond acceptors (Lipinski definition) is 3. The predicted octanol–water partition coefficient (Wildman–Crippen LogP) is 1.47. The van der Waals surface area contributed by atoms with E-state index in [0.29, 0.717) is 16.3 Å². The number of halogens is 1. The Labute approximate surface area is 110 Å². The second kappa shape index (κ2) is 5.84. The molecule has 0 aliphatic heterocycles. The Kier molecular flexibility index (Phi) is 4.72. The zero-order valence-corrected chi connectivity index (χ0v) is 10.8. The highest BCUT2D eigenvalue weighted by atomic mass is 35.5. The first-order valence-corrected chi connectivity index (χ1v) is 5.72. The van der Waals surface area contributed by atoms with Gasteiger partial charge in [-0.05, 0) is 18.2 Å². The average Bonchev–Trinajstić information content (AvgIpc) is 2.25. The van der Waals surface area contributed by atoms with Crippen LogP contribution >= 0.6 is 23.8 Å². The lowest BCUT2D eigenvalue weighted by molar-refractivity contribution is -0.122. The molecule has 0 fully saturated rings. The molecule has 17 heavy (non-hydrogen) atoms. The first-order chi connectivity index (χ1) is 7.91. The van der Waals surface area contributed by atoms with Gasteiger partial charge in [-0.25, -0.2) is 0 Å². The van der Waals surface area contributed by atoms with Gasteiger partial charge < -0.3 is 16.2 Å². The van der Waals surface area contributed by atoms with Gasteiger partial charge in [0.25, 0.3) is 0 Å². The standard InChI is InChI=1S/C11H13ClN2O2S/c1-6(10(13)15)5-16-9-4-7(12)2-3-8(9)11(14)17/h2-4,6H,5H2,1H3,(H2,13,15)(H2,14,17). The van der Waals surface area contributed by atoms with Gasteiger partial charge in [0.2, 0.25) is 5.91 Å². The summed E-state index contributed by atoms with van der Waals surface area (Å²) in [6.45, 7) is 1.83. The van der Waals surface area contributed by atoms with Crippen molar-refractivity contribution in [2.45, 2.75) is 6.92 Å². The molecule has 0 radical (unpaired) electrons. The van der Waals surface area contributed by atoms with Crippen molar-refractivity contribution in [3.05, 3.63) is 28.8 Å². The molecule has 0 aliphatic rings. The quantitative estimate of drug-likeness (QED) is 0.796. The number of ether oxygens (including phenoxy) is 1. The third-order valence-corrected chi connectivity index (χ3v) is 2.64. The summed E-state index contributed by atoms with van der Waals surface area (Å²) < 4.78 is 5.45. The molecule has 1 aromatic rings. The second-order valence-corrected chi connectivity index (χ2v) is 4.50. The van der Waals surface area contributed by atoms with E-state index in [1.807, 2.05) is 0 Å². The maximum absolute atomic E-state index is 10.9. The van der Waals surface area contributed by atoms with Crippen LogP contribution in [-0.2, 0) is 4.79 Å². The minimum atomic E-state index is -0.427. The second-order valence-electron chi connectivity index (χ2n) is 3.62. The van der Waals surface area contributed by atoms with E-state index in [2.05, 4.69) is 0 Å². The molecule has 1 atom stereocenters. The van der Waals surface area contributed by atoms with Crippen LogP contribution in [0.25, 0.3) is 0 Å². The van der Waals surface area contributed by atoms with E-state index in [4.69, 9.17) is 40.0 Å². The van der Waals surface area contributed by atoms with Crippen LogP contribution in [0.3, 0.4) is 0 Å². The maximum atomic E-state index is 10.9. The zero-order chi connectivity index (χ0) is 13.0. The van der Waals surface area contributed by atoms with Crippen LogP contribution in [0.15, 0.2) is 18.2 Å². The van der Waals surface area contributed by atoms with Gasteiger partial charge in [-0.2, -0.15) is 0 Å². The number of carbonyl (C=O) groups is 1. The van der Waals surface area contributed by atoms with Crippen LogP contribution in [-0.4, -0.2) is 17.5 Å². The molecule has 6 heteroatoms. The number of amides is 1. The molecule has 1 amide bonds. The summed E-state index contributed by atoms with van der Waals surface area (Å²) in [7, 11) is 0. The Morgan fingerprint density at radius 1 is 1.53 bits per heavy atom. The zero-order valence-electron chi connectivity index (χ0n) is 9.27. The third-order valence-electron chi connectivity index (χ3n) is 2.18. The van der Waals surface area contributed by atoms with E-state index in [0.717, 1.165) is 0 Å². The lowest BCUT2D eigenvalue weighted by Gasteiger charge is -2.13. The molecule has 0 bridgehead atoms. The monoisotopic (exact) mass is 272 g/mol. The normalized spacial score (nSPS) is 11.9. The first kappa shape index (κ1) is 13.7. The Morgan fingerprint density at radius 3 is 2.71 bits per heavy atom. The summed E-state index contributed by atoms with van der Waals surface area (Å²) in [6, 6.07) is 4.94. The highest BCUT2D eigenvalue weighted by Crippen LogP contribution is 2.23. The number of nitrogens with two attached hydrogens (primary N) is 2. The van der Waals surface area contributed by atoms with Crippen molar-refractivity contribution >= 4 is 34.7 Å². The highest BCUT2D eigenvalue weighted by molar-refractivity contribution is 7.80. The molecule has 92 valence electrons. The molecule has 4 nitrogen and oxygen atoms in total. The topological polar surface area (TPSA) is 78.3 Å². The van der Waals surface area contributed by atoms with E-state index in [9.17, 15) is 4.79 Å². The van der Waals surface area contributed by atoms with Gasteiger partial charge >= 0.3 is 0 Å². The molecule has 0 saturated heterocycles. The smallest absolute Gasteiger partial charge is 0.223 e. The van der Waals surface area contributed by atoms with Crippen LogP contribution in [0, 0.1) is 5.92 Å². The van der Waals surface area contributed by atoms with Gasteiger partial charge in [0.1, 0.15) is 10.7 Å². The predicted molar refractivity (Wildman–Crippen MR) is 71.2 cm³/mol. The minimum absolute atomic E-state index is 0.158. The van der Waals surface area contributed by atoms with Gasteiger partial charge in [0.15, 0.2) is 0 Å².